The van der Waals surface area contributed by atoms with Crippen molar-refractivity contribution in [1.82, 2.24) is 10.6 Å². The highest BCUT2D eigenvalue weighted by Crippen LogP contribution is 2.16. The van der Waals surface area contributed by atoms with Crippen LogP contribution in [-0.4, -0.2) is 19.6 Å². The maximum Gasteiger partial charge on any atom is 0.0299 e. The molecule has 16 heavy (non-hydrogen) atoms. The predicted octanol–water partition coefficient (Wildman–Crippen LogP) is 2.79. The van der Waals surface area contributed by atoms with Gasteiger partial charge in [0.15, 0.2) is 0 Å². The lowest BCUT2D eigenvalue weighted by molar-refractivity contribution is 0.594. The zero-order valence-corrected chi connectivity index (χ0v) is 11.3. The van der Waals surface area contributed by atoms with Crippen LogP contribution >= 0.6 is 11.3 Å². The average molecular weight is 240 g/mol. The first-order chi connectivity index (χ1) is 7.86. The summed E-state index contributed by atoms with van der Waals surface area (Å²) in [5, 5.41) is 6.90. The second-order valence-corrected chi connectivity index (χ2v) is 5.25. The molecule has 0 saturated carbocycles. The monoisotopic (exact) mass is 240 g/mol. The van der Waals surface area contributed by atoms with Crippen molar-refractivity contribution < 1.29 is 0 Å². The third kappa shape index (κ3) is 5.64. The Morgan fingerprint density at radius 1 is 1.00 bits per heavy atom. The summed E-state index contributed by atoms with van der Waals surface area (Å²) in [6.07, 6.45) is 3.60. The summed E-state index contributed by atoms with van der Waals surface area (Å²) in [5.41, 5.74) is 0. The highest BCUT2D eigenvalue weighted by Gasteiger charge is 1.97. The molecule has 1 aromatic heterocycles. The fourth-order valence-electron chi connectivity index (χ4n) is 1.56. The van der Waals surface area contributed by atoms with Gasteiger partial charge in [0.2, 0.25) is 0 Å². The third-order valence-corrected chi connectivity index (χ3v) is 3.73. The lowest BCUT2D eigenvalue weighted by Crippen LogP contribution is -2.21. The Kier molecular flexibility index (Phi) is 7.47. The Morgan fingerprint density at radius 2 is 1.75 bits per heavy atom. The highest BCUT2D eigenvalue weighted by atomic mass is 32.1. The number of hydrogen-bond acceptors (Lipinski definition) is 3. The second kappa shape index (κ2) is 8.74. The van der Waals surface area contributed by atoms with Crippen molar-refractivity contribution in [3.8, 4) is 0 Å². The Balaban J connectivity index is 1.98. The minimum Gasteiger partial charge on any atom is -0.317 e. The summed E-state index contributed by atoms with van der Waals surface area (Å²) >= 11 is 1.93. The molecule has 1 rings (SSSR count). The smallest absolute Gasteiger partial charge is 0.0299 e. The summed E-state index contributed by atoms with van der Waals surface area (Å²) < 4.78 is 0. The van der Waals surface area contributed by atoms with E-state index in [1.807, 2.05) is 11.3 Å². The lowest BCUT2D eigenvalue weighted by Gasteiger charge is -2.04. The van der Waals surface area contributed by atoms with Gasteiger partial charge in [0.05, 0.1) is 0 Å². The van der Waals surface area contributed by atoms with Crippen LogP contribution in [0.1, 0.15) is 36.4 Å². The van der Waals surface area contributed by atoms with Crippen molar-refractivity contribution in [3.63, 3.8) is 0 Å². The van der Waals surface area contributed by atoms with Crippen molar-refractivity contribution >= 4 is 11.3 Å². The van der Waals surface area contributed by atoms with Gasteiger partial charge in [-0.2, -0.15) is 0 Å². The van der Waals surface area contributed by atoms with Crippen LogP contribution in [0.25, 0.3) is 0 Å². The Bertz CT molecular complexity index is 271. The molecule has 92 valence electrons. The Labute approximate surface area is 103 Å². The summed E-state index contributed by atoms with van der Waals surface area (Å²) in [5.74, 6) is 0. The van der Waals surface area contributed by atoms with Gasteiger partial charge in [-0.15, -0.1) is 11.3 Å². The van der Waals surface area contributed by atoms with Crippen molar-refractivity contribution in [2.45, 2.75) is 39.7 Å². The Morgan fingerprint density at radius 3 is 2.44 bits per heavy atom. The summed E-state index contributed by atoms with van der Waals surface area (Å²) in [4.78, 5) is 2.94. The second-order valence-electron chi connectivity index (χ2n) is 4.00. The van der Waals surface area contributed by atoms with E-state index < -0.39 is 0 Å². The maximum atomic E-state index is 3.49. The molecular weight excluding hydrogens is 216 g/mol. The normalized spacial score (nSPS) is 10.9. The molecule has 0 aliphatic rings. The number of nitrogens with one attached hydrogen (secondary N) is 2. The number of hydrogen-bond donors (Lipinski definition) is 2. The predicted molar refractivity (Wildman–Crippen MR) is 73.2 cm³/mol. The standard InChI is InChI=1S/C13H24N2S/c1-3-8-14-9-5-10-15-11-13-7-6-12(4-2)16-13/h6-7,14-15H,3-5,8-11H2,1-2H3. The highest BCUT2D eigenvalue weighted by molar-refractivity contribution is 7.11. The molecule has 0 amide bonds. The minimum absolute atomic E-state index is 1.03. The molecule has 0 unspecified atom stereocenters. The van der Waals surface area contributed by atoms with Crippen LogP contribution in [0.3, 0.4) is 0 Å². The van der Waals surface area contributed by atoms with Crippen LogP contribution in [0.5, 0.6) is 0 Å². The molecule has 0 radical (unpaired) electrons. The molecule has 0 bridgehead atoms. The summed E-state index contributed by atoms with van der Waals surface area (Å²) in [6.45, 7) is 8.82. The first-order valence-electron chi connectivity index (χ1n) is 6.35. The van der Waals surface area contributed by atoms with Crippen molar-refractivity contribution in [2.24, 2.45) is 0 Å². The molecule has 0 fully saturated rings. The van der Waals surface area contributed by atoms with Crippen molar-refractivity contribution in [2.75, 3.05) is 19.6 Å². The van der Waals surface area contributed by atoms with E-state index in [0.29, 0.717) is 0 Å². The molecule has 2 N–H and O–H groups in total. The largest absolute Gasteiger partial charge is 0.317 e. The van der Waals surface area contributed by atoms with E-state index >= 15 is 0 Å². The molecule has 0 saturated heterocycles. The summed E-state index contributed by atoms with van der Waals surface area (Å²) in [6, 6.07) is 4.48. The van der Waals surface area contributed by atoms with E-state index in [9.17, 15) is 0 Å². The first kappa shape index (κ1) is 13.7. The van der Waals surface area contributed by atoms with E-state index in [4.69, 9.17) is 0 Å². The van der Waals surface area contributed by atoms with Gasteiger partial charge in [-0.1, -0.05) is 13.8 Å². The van der Waals surface area contributed by atoms with Crippen LogP contribution in [0.15, 0.2) is 12.1 Å². The van der Waals surface area contributed by atoms with E-state index in [-0.39, 0.29) is 0 Å². The van der Waals surface area contributed by atoms with E-state index in [0.717, 1.165) is 32.6 Å². The van der Waals surface area contributed by atoms with Gasteiger partial charge in [-0.3, -0.25) is 0 Å². The van der Waals surface area contributed by atoms with Crippen molar-refractivity contribution in [1.29, 1.82) is 0 Å². The van der Waals surface area contributed by atoms with Gasteiger partial charge in [0.25, 0.3) is 0 Å². The zero-order valence-electron chi connectivity index (χ0n) is 10.5. The van der Waals surface area contributed by atoms with Gasteiger partial charge < -0.3 is 10.6 Å². The zero-order chi connectivity index (χ0) is 11.6. The van der Waals surface area contributed by atoms with Gasteiger partial charge in [0.1, 0.15) is 0 Å². The molecule has 0 aliphatic carbocycles. The molecular formula is C13H24N2S. The van der Waals surface area contributed by atoms with Crippen LogP contribution in [-0.2, 0) is 13.0 Å². The molecule has 3 heteroatoms. The van der Waals surface area contributed by atoms with Crippen LogP contribution in [0.2, 0.25) is 0 Å². The molecule has 0 aromatic carbocycles. The third-order valence-electron chi connectivity index (χ3n) is 2.50. The van der Waals surface area contributed by atoms with Gasteiger partial charge in [0, 0.05) is 16.3 Å². The quantitative estimate of drug-likeness (QED) is 0.649. The topological polar surface area (TPSA) is 24.1 Å². The van der Waals surface area contributed by atoms with Crippen LogP contribution < -0.4 is 10.6 Å². The van der Waals surface area contributed by atoms with Crippen molar-refractivity contribution in [3.05, 3.63) is 21.9 Å². The van der Waals surface area contributed by atoms with E-state index in [1.54, 1.807) is 0 Å². The van der Waals surface area contributed by atoms with Crippen LogP contribution in [0, 0.1) is 0 Å². The van der Waals surface area contributed by atoms with E-state index in [2.05, 4.69) is 36.6 Å². The van der Waals surface area contributed by atoms with Crippen LogP contribution in [0.4, 0.5) is 0 Å². The van der Waals surface area contributed by atoms with Gasteiger partial charge in [-0.05, 0) is 51.0 Å². The molecule has 1 heterocycles. The maximum absolute atomic E-state index is 3.49. The van der Waals surface area contributed by atoms with Gasteiger partial charge >= 0.3 is 0 Å². The lowest BCUT2D eigenvalue weighted by atomic mass is 10.3. The first-order valence-corrected chi connectivity index (χ1v) is 7.17. The molecule has 0 spiro atoms. The average Bonchev–Trinajstić information content (AvgIpc) is 2.76. The molecule has 0 atom stereocenters. The molecule has 0 aliphatic heterocycles. The fourth-order valence-corrected chi connectivity index (χ4v) is 2.49. The Hall–Kier alpha value is -0.380. The van der Waals surface area contributed by atoms with E-state index in [1.165, 1.54) is 22.6 Å². The summed E-state index contributed by atoms with van der Waals surface area (Å²) in [7, 11) is 0. The van der Waals surface area contributed by atoms with Gasteiger partial charge in [-0.25, -0.2) is 0 Å². The molecule has 2 nitrogen and oxygen atoms in total. The SMILES string of the molecule is CCCNCCCNCc1ccc(CC)s1. The number of rotatable bonds is 9. The number of thiophene rings is 1. The fraction of sp³-hybridized carbons (Fsp3) is 0.692. The minimum atomic E-state index is 1.03. The molecule has 1 aromatic rings. The number of aryl methyl sites for hydroxylation is 1.